The molecule has 3 heteroatoms. The van der Waals surface area contributed by atoms with Crippen molar-refractivity contribution in [2.24, 2.45) is 45.3 Å². The van der Waals surface area contributed by atoms with E-state index in [4.69, 9.17) is 0 Å². The van der Waals surface area contributed by atoms with E-state index in [0.29, 0.717) is 21.8 Å². The molecule has 5 aliphatic carbocycles. The maximum absolute atomic E-state index is 4.30. The molecule has 0 amide bonds. The van der Waals surface area contributed by atoms with Crippen molar-refractivity contribution in [1.82, 2.24) is 15.5 Å². The Hall–Kier alpha value is -1.16. The SMILES string of the molecule is Cc1ccc(C2=CC[C@@]3(C)C(CC[C@]4(C)C3CC[C@@H]3C5CCC[C@]5(NCCN5CCNCC5)CC[C@]34C)C2(C)C)cc1. The number of aryl methyl sites for hydroxylation is 1. The quantitative estimate of drug-likeness (QED) is 0.374. The normalized spacial score (nSPS) is 44.9. The lowest BCUT2D eigenvalue weighted by molar-refractivity contribution is -0.217. The third-order valence-corrected chi connectivity index (χ3v) is 15.4. The van der Waals surface area contributed by atoms with E-state index in [-0.39, 0.29) is 5.41 Å². The summed E-state index contributed by atoms with van der Waals surface area (Å²) in [5.74, 6) is 3.40. The molecule has 8 atom stereocenters. The van der Waals surface area contributed by atoms with Crippen LogP contribution >= 0.6 is 0 Å². The summed E-state index contributed by atoms with van der Waals surface area (Å²) in [4.78, 5) is 2.67. The highest BCUT2D eigenvalue weighted by Crippen LogP contribution is 2.76. The monoisotopic (exact) mass is 571 g/mol. The fourth-order valence-electron chi connectivity index (χ4n) is 13.1. The minimum Gasteiger partial charge on any atom is -0.314 e. The highest BCUT2D eigenvalue weighted by atomic mass is 15.2. The van der Waals surface area contributed by atoms with E-state index in [1.807, 2.05) is 0 Å². The zero-order valence-corrected chi connectivity index (χ0v) is 28.0. The summed E-state index contributed by atoms with van der Waals surface area (Å²) >= 11 is 0. The number of rotatable bonds is 5. The molecule has 6 aliphatic rings. The van der Waals surface area contributed by atoms with Gasteiger partial charge >= 0.3 is 0 Å². The molecule has 1 aliphatic heterocycles. The molecule has 232 valence electrons. The molecule has 1 heterocycles. The van der Waals surface area contributed by atoms with Crippen LogP contribution in [0.1, 0.15) is 110 Å². The fraction of sp³-hybridized carbons (Fsp3) is 0.795. The third-order valence-electron chi connectivity index (χ3n) is 15.4. The fourth-order valence-corrected chi connectivity index (χ4v) is 13.1. The largest absolute Gasteiger partial charge is 0.314 e. The number of hydrogen-bond donors (Lipinski definition) is 2. The van der Waals surface area contributed by atoms with Crippen molar-refractivity contribution < 1.29 is 0 Å². The minimum absolute atomic E-state index is 0.225. The molecule has 0 radical (unpaired) electrons. The first kappa shape index (κ1) is 29.5. The highest BCUT2D eigenvalue weighted by molar-refractivity contribution is 5.71. The number of fused-ring (bicyclic) bond motifs is 7. The van der Waals surface area contributed by atoms with Crippen LogP contribution in [0.15, 0.2) is 30.3 Å². The van der Waals surface area contributed by atoms with Crippen LogP contribution in [0.4, 0.5) is 0 Å². The first-order valence-electron chi connectivity index (χ1n) is 18.0. The molecule has 1 saturated heterocycles. The average molecular weight is 572 g/mol. The second-order valence-corrected chi connectivity index (χ2v) is 17.3. The van der Waals surface area contributed by atoms with E-state index < -0.39 is 0 Å². The summed E-state index contributed by atoms with van der Waals surface area (Å²) in [6, 6.07) is 9.40. The molecule has 0 spiro atoms. The summed E-state index contributed by atoms with van der Waals surface area (Å²) < 4.78 is 0. The van der Waals surface area contributed by atoms with Gasteiger partial charge in [-0.25, -0.2) is 0 Å². The molecule has 1 aromatic rings. The Labute approximate surface area is 258 Å². The Kier molecular flexibility index (Phi) is 7.35. The van der Waals surface area contributed by atoms with Gasteiger partial charge in [-0.3, -0.25) is 4.90 Å². The van der Waals surface area contributed by atoms with Crippen LogP contribution in [0.3, 0.4) is 0 Å². The molecule has 3 unspecified atom stereocenters. The van der Waals surface area contributed by atoms with Gasteiger partial charge in [0.2, 0.25) is 0 Å². The van der Waals surface area contributed by atoms with Crippen molar-refractivity contribution in [2.75, 3.05) is 39.3 Å². The molecule has 5 fully saturated rings. The van der Waals surface area contributed by atoms with E-state index >= 15 is 0 Å². The number of piperazine rings is 1. The van der Waals surface area contributed by atoms with Gasteiger partial charge in [0.05, 0.1) is 0 Å². The first-order chi connectivity index (χ1) is 20.0. The summed E-state index contributed by atoms with van der Waals surface area (Å²) in [5, 5.41) is 7.82. The highest BCUT2D eigenvalue weighted by Gasteiger charge is 2.69. The number of allylic oxidation sites excluding steroid dienone is 2. The zero-order chi connectivity index (χ0) is 29.4. The van der Waals surface area contributed by atoms with Gasteiger partial charge in [0.25, 0.3) is 0 Å². The van der Waals surface area contributed by atoms with Crippen molar-refractivity contribution in [2.45, 2.75) is 111 Å². The van der Waals surface area contributed by atoms with Crippen LogP contribution in [-0.4, -0.2) is 49.7 Å². The van der Waals surface area contributed by atoms with E-state index in [1.54, 1.807) is 5.57 Å². The van der Waals surface area contributed by atoms with Crippen molar-refractivity contribution in [1.29, 1.82) is 0 Å². The van der Waals surface area contributed by atoms with Crippen LogP contribution in [0.25, 0.3) is 5.57 Å². The van der Waals surface area contributed by atoms with Gasteiger partial charge in [0, 0.05) is 44.8 Å². The van der Waals surface area contributed by atoms with Crippen LogP contribution < -0.4 is 10.6 Å². The Balaban J connectivity index is 1.13. The molecule has 0 bridgehead atoms. The standard InChI is InChI=1S/C39H61N3/c1-28-9-11-29(12-10-28)30-15-18-36(4)33(35(30,2)3)16-19-38(6)34(36)14-13-31-32-8-7-17-39(32,21-20-37(31,38)5)41-24-27-42-25-22-40-23-26-42/h9-12,15,31-34,40-41H,7-8,13-14,16-27H2,1-6H3/t31-,32?,33?,34?,36+,37-,38-,39+/m1/s1. The van der Waals surface area contributed by atoms with Crippen LogP contribution in [0.5, 0.6) is 0 Å². The second kappa shape index (κ2) is 10.4. The Morgan fingerprint density at radius 2 is 1.57 bits per heavy atom. The summed E-state index contributed by atoms with van der Waals surface area (Å²) in [6.45, 7) is 22.9. The molecule has 4 saturated carbocycles. The number of benzene rings is 1. The van der Waals surface area contributed by atoms with Crippen molar-refractivity contribution >= 4 is 5.57 Å². The maximum Gasteiger partial charge on any atom is 0.0213 e. The van der Waals surface area contributed by atoms with E-state index in [0.717, 1.165) is 36.8 Å². The second-order valence-electron chi connectivity index (χ2n) is 17.3. The van der Waals surface area contributed by atoms with E-state index in [1.165, 1.54) is 102 Å². The minimum atomic E-state index is 0.225. The average Bonchev–Trinajstić information content (AvgIpc) is 3.39. The van der Waals surface area contributed by atoms with E-state index in [2.05, 4.69) is 87.4 Å². The Morgan fingerprint density at radius 3 is 2.33 bits per heavy atom. The number of nitrogens with zero attached hydrogens (tertiary/aromatic N) is 1. The lowest BCUT2D eigenvalue weighted by atomic mass is 9.33. The zero-order valence-electron chi connectivity index (χ0n) is 28.0. The van der Waals surface area contributed by atoms with Gasteiger partial charge in [-0.15, -0.1) is 0 Å². The van der Waals surface area contributed by atoms with E-state index in [9.17, 15) is 0 Å². The smallest absolute Gasteiger partial charge is 0.0213 e. The van der Waals surface area contributed by atoms with Gasteiger partial charge in [-0.2, -0.15) is 0 Å². The molecule has 3 nitrogen and oxygen atoms in total. The first-order valence-corrected chi connectivity index (χ1v) is 18.0. The van der Waals surface area contributed by atoms with Crippen LogP contribution in [0, 0.1) is 52.3 Å². The van der Waals surface area contributed by atoms with Gasteiger partial charge in [-0.05, 0) is 121 Å². The molecular weight excluding hydrogens is 510 g/mol. The van der Waals surface area contributed by atoms with Gasteiger partial charge in [-0.1, -0.05) is 76.9 Å². The number of nitrogens with one attached hydrogen (secondary N) is 2. The predicted molar refractivity (Wildman–Crippen MR) is 177 cm³/mol. The lowest BCUT2D eigenvalue weighted by Gasteiger charge is -2.72. The van der Waals surface area contributed by atoms with Crippen LogP contribution in [0.2, 0.25) is 0 Å². The van der Waals surface area contributed by atoms with Crippen molar-refractivity contribution in [3.05, 3.63) is 41.5 Å². The molecule has 42 heavy (non-hydrogen) atoms. The molecule has 7 rings (SSSR count). The van der Waals surface area contributed by atoms with Gasteiger partial charge in [0.1, 0.15) is 0 Å². The maximum atomic E-state index is 4.30. The van der Waals surface area contributed by atoms with Gasteiger partial charge in [0.15, 0.2) is 0 Å². The molecule has 1 aromatic carbocycles. The predicted octanol–water partition coefficient (Wildman–Crippen LogP) is 8.09. The lowest BCUT2D eigenvalue weighted by Crippen LogP contribution is -2.67. The molecule has 2 N–H and O–H groups in total. The topological polar surface area (TPSA) is 27.3 Å². The Morgan fingerprint density at radius 1 is 0.810 bits per heavy atom. The molecular formula is C39H61N3. The summed E-state index contributed by atoms with van der Waals surface area (Å²) in [7, 11) is 0. The summed E-state index contributed by atoms with van der Waals surface area (Å²) in [5.41, 5.74) is 6.44. The Bertz CT molecular complexity index is 1180. The van der Waals surface area contributed by atoms with Crippen LogP contribution in [-0.2, 0) is 0 Å². The van der Waals surface area contributed by atoms with Crippen molar-refractivity contribution in [3.63, 3.8) is 0 Å². The summed E-state index contributed by atoms with van der Waals surface area (Å²) in [6.07, 6.45) is 16.9. The van der Waals surface area contributed by atoms with Gasteiger partial charge < -0.3 is 10.6 Å². The molecule has 0 aromatic heterocycles. The number of hydrogen-bond acceptors (Lipinski definition) is 3. The van der Waals surface area contributed by atoms with Crippen molar-refractivity contribution in [3.8, 4) is 0 Å². The third kappa shape index (κ3) is 4.29.